The van der Waals surface area contributed by atoms with Gasteiger partial charge in [0.15, 0.2) is 0 Å². The maximum Gasteiger partial charge on any atom is 0.411 e. The zero-order valence-electron chi connectivity index (χ0n) is 62.6. The molecule has 1 unspecified atom stereocenters. The number of imide groups is 1. The Morgan fingerprint density at radius 2 is 1.16 bits per heavy atom. The van der Waals surface area contributed by atoms with E-state index in [1.807, 2.05) is 92.7 Å². The molecule has 0 saturated heterocycles. The van der Waals surface area contributed by atoms with Crippen molar-refractivity contribution >= 4 is 70.5 Å². The first kappa shape index (κ1) is 79.9. The lowest BCUT2D eigenvalue weighted by atomic mass is 9.49. The van der Waals surface area contributed by atoms with Crippen LogP contribution in [-0.4, -0.2) is 137 Å². The number of nitrogens with one attached hydrogen (secondary N) is 7. The number of hydrogen-bond donors (Lipinski definition) is 9. The molecule has 5 aromatic carbocycles. The van der Waals surface area contributed by atoms with Crippen molar-refractivity contribution in [3.05, 3.63) is 154 Å². The SMILES string of the molecule is CC(C)[C@H](NC(=O)CCOCCOCCOCCOCCNC(=O)CCC(=O)N1Cc2ccccc2C#Cc2ccccc21)C(=O)N[C@@H](CCCNC(N)=O)C(=O)Nc1ccc(COC(=O)Nc2ccc3c(c2)[C@@]2(C)CCC[C@](C)(C(=O)NC(=O)[C@@]4(C)CCC[C@]5(C)c6cc(O)ccc6CCC45)[C@@H]2CC3)cc1. The normalized spacial score (nSPS) is 21.5. The summed E-state index contributed by atoms with van der Waals surface area (Å²) in [4.78, 5) is 123. The van der Waals surface area contributed by atoms with Crippen LogP contribution in [0.4, 0.5) is 26.7 Å². The summed E-state index contributed by atoms with van der Waals surface area (Å²) >= 11 is 0. The molecule has 572 valence electrons. The van der Waals surface area contributed by atoms with Crippen LogP contribution >= 0.6 is 0 Å². The number of carbonyl (C=O) groups excluding carboxylic acids is 9. The number of benzene rings is 5. The number of amides is 10. The zero-order chi connectivity index (χ0) is 76.3. The van der Waals surface area contributed by atoms with Gasteiger partial charge < -0.3 is 66.0 Å². The van der Waals surface area contributed by atoms with E-state index in [1.165, 1.54) is 5.56 Å². The van der Waals surface area contributed by atoms with Gasteiger partial charge in [0, 0.05) is 54.9 Å². The van der Waals surface area contributed by atoms with Crippen molar-refractivity contribution in [2.45, 2.75) is 174 Å². The van der Waals surface area contributed by atoms with Crippen LogP contribution in [0.25, 0.3) is 0 Å². The Morgan fingerprint density at radius 3 is 1.80 bits per heavy atom. The van der Waals surface area contributed by atoms with Crippen LogP contribution in [0.3, 0.4) is 0 Å². The highest BCUT2D eigenvalue weighted by Crippen LogP contribution is 2.60. The third kappa shape index (κ3) is 20.1. The highest BCUT2D eigenvalue weighted by molar-refractivity contribution is 6.01. The summed E-state index contributed by atoms with van der Waals surface area (Å²) in [6.45, 7) is 14.7. The number of aromatic hydroxyl groups is 1. The number of ether oxygens (including phenoxy) is 5. The molecule has 5 aromatic rings. The fourth-order valence-corrected chi connectivity index (χ4v) is 16.8. The summed E-state index contributed by atoms with van der Waals surface area (Å²) in [5, 5.41) is 30.1. The average Bonchev–Trinajstić information content (AvgIpc) is 0.722. The van der Waals surface area contributed by atoms with Gasteiger partial charge in [-0.3, -0.25) is 44.2 Å². The number of phenolic OH excluding ortho intramolecular Hbond substituents is 1. The third-order valence-electron chi connectivity index (χ3n) is 22.6. The van der Waals surface area contributed by atoms with Crippen molar-refractivity contribution in [1.29, 1.82) is 0 Å². The van der Waals surface area contributed by atoms with Gasteiger partial charge in [-0.1, -0.05) is 121 Å². The minimum Gasteiger partial charge on any atom is -0.508 e. The molecule has 8 atom stereocenters. The molecule has 4 aliphatic carbocycles. The van der Waals surface area contributed by atoms with Crippen molar-refractivity contribution in [2.75, 3.05) is 81.5 Å². The summed E-state index contributed by atoms with van der Waals surface area (Å²) in [5.74, 6) is 3.75. The van der Waals surface area contributed by atoms with E-state index in [-0.39, 0.29) is 131 Å². The van der Waals surface area contributed by atoms with Crippen LogP contribution < -0.4 is 47.9 Å². The molecule has 0 bridgehead atoms. The lowest BCUT2D eigenvalue weighted by molar-refractivity contribution is -0.150. The maximum absolute atomic E-state index is 14.8. The van der Waals surface area contributed by atoms with Crippen LogP contribution in [-0.2, 0) is 94.1 Å². The van der Waals surface area contributed by atoms with E-state index in [0.29, 0.717) is 62.8 Å². The Balaban J connectivity index is 0.602. The van der Waals surface area contributed by atoms with Crippen LogP contribution in [0.1, 0.15) is 170 Å². The van der Waals surface area contributed by atoms with Gasteiger partial charge >= 0.3 is 12.1 Å². The van der Waals surface area contributed by atoms with Gasteiger partial charge in [-0.15, -0.1) is 0 Å². The van der Waals surface area contributed by atoms with E-state index in [2.05, 4.69) is 62.9 Å². The highest BCUT2D eigenvalue weighted by atomic mass is 16.6. The van der Waals surface area contributed by atoms with E-state index in [1.54, 1.807) is 49.1 Å². The van der Waals surface area contributed by atoms with E-state index in [4.69, 9.17) is 29.4 Å². The first-order valence-electron chi connectivity index (χ1n) is 37.7. The number of urea groups is 1. The predicted octanol–water partition coefficient (Wildman–Crippen LogP) is 9.82. The van der Waals surface area contributed by atoms with Crippen molar-refractivity contribution in [3.8, 4) is 17.6 Å². The first-order chi connectivity index (χ1) is 51.4. The number of nitrogens with two attached hydrogens (primary N) is 1. The number of primary amides is 1. The van der Waals surface area contributed by atoms with E-state index < -0.39 is 58.2 Å². The summed E-state index contributed by atoms with van der Waals surface area (Å²) in [6.07, 6.45) is 7.60. The highest BCUT2D eigenvalue weighted by Gasteiger charge is 2.59. The molecule has 107 heavy (non-hydrogen) atoms. The largest absolute Gasteiger partial charge is 0.508 e. The fourth-order valence-electron chi connectivity index (χ4n) is 16.8. The Labute approximate surface area is 627 Å². The fraction of sp³-hybridized carbons (Fsp3) is 0.506. The Hall–Kier alpha value is -9.67. The molecule has 1 aliphatic heterocycles. The summed E-state index contributed by atoms with van der Waals surface area (Å²) in [5.41, 5.74) is 12.4. The summed E-state index contributed by atoms with van der Waals surface area (Å²) < 4.78 is 28.1. The molecule has 0 aromatic heterocycles. The molecule has 5 aliphatic rings. The monoisotopic (exact) mass is 1470 g/mol. The van der Waals surface area contributed by atoms with Crippen molar-refractivity contribution in [2.24, 2.45) is 34.3 Å². The smallest absolute Gasteiger partial charge is 0.411 e. The lowest BCUT2D eigenvalue weighted by Crippen LogP contribution is -2.60. The molecule has 10 rings (SSSR count). The number of hydrogen-bond acceptors (Lipinski definition) is 15. The van der Waals surface area contributed by atoms with Gasteiger partial charge in [-0.05, 0) is 181 Å². The number of rotatable bonds is 33. The topological polar surface area (TPSA) is 333 Å². The molecular weight excluding hydrogens is 1360 g/mol. The second-order valence-electron chi connectivity index (χ2n) is 30.2. The standard InChI is InChI=1S/C83H105N9O15/c1-54(2)73(90-71(95)35-42-103-44-46-105-48-49-106-47-45-104-43-41-85-70(94)33-34-72(96)92-52-60-16-8-7-14-56(60)21-22-59-15-9-10-18-67(59)92)75(98)89-66(17-11-40-86-78(84)101)74(97)87-61-27-19-55(20-28-61)53-107-79(102)88-62-29-23-57-25-31-68-80(3,64(57)50-62)36-12-38-82(68,5)76(99)91-77(100)83(6)39-13-37-81(4)65-51-63(93)30-24-58(65)26-32-69(81)83/h7-10,14-16,18-20,23-24,27-30,50-51,54,66,68-69,73,93H,11-13,17,25-26,31-49,52-53H2,1-6H3,(H,85,94)(H,87,97)(H,88,102)(H,89,98)(H,90,95)(H3,84,86,101)(H,91,99,100)/t66-,68+,69?,73-,80+,81+,82-,83-/m0/s1. The molecule has 0 spiro atoms. The number of carbonyl (C=O) groups is 9. The van der Waals surface area contributed by atoms with Crippen LogP contribution in [0.2, 0.25) is 0 Å². The third-order valence-corrected chi connectivity index (χ3v) is 22.6. The Kier molecular flexibility index (Phi) is 27.4. The molecule has 0 radical (unpaired) electrons. The van der Waals surface area contributed by atoms with Crippen molar-refractivity contribution in [3.63, 3.8) is 0 Å². The molecule has 24 nitrogen and oxygen atoms in total. The van der Waals surface area contributed by atoms with E-state index in [0.717, 1.165) is 90.4 Å². The van der Waals surface area contributed by atoms with Gasteiger partial charge in [-0.25, -0.2) is 9.59 Å². The number of nitrogens with zero attached hydrogens (tertiary/aromatic N) is 1. The number of para-hydroxylation sites is 1. The van der Waals surface area contributed by atoms with Crippen molar-refractivity contribution in [1.82, 2.24) is 26.6 Å². The minimum absolute atomic E-state index is 0.00526. The maximum atomic E-state index is 14.8. The van der Waals surface area contributed by atoms with Gasteiger partial charge in [0.1, 0.15) is 24.4 Å². The van der Waals surface area contributed by atoms with Gasteiger partial charge in [0.25, 0.3) is 0 Å². The number of aryl methyl sites for hydroxylation is 2. The Bertz CT molecular complexity index is 4100. The second kappa shape index (κ2) is 36.8. The van der Waals surface area contributed by atoms with Crippen molar-refractivity contribution < 1.29 is 71.9 Å². The molecular formula is C83H105N9O15. The zero-order valence-corrected chi connectivity index (χ0v) is 62.6. The van der Waals surface area contributed by atoms with Gasteiger partial charge in [-0.2, -0.15) is 0 Å². The summed E-state index contributed by atoms with van der Waals surface area (Å²) in [7, 11) is 0. The number of anilines is 3. The van der Waals surface area contributed by atoms with E-state index in [9.17, 15) is 48.3 Å². The predicted molar refractivity (Wildman–Crippen MR) is 405 cm³/mol. The molecule has 24 heteroatoms. The molecule has 10 N–H and O–H groups in total. The van der Waals surface area contributed by atoms with E-state index >= 15 is 0 Å². The van der Waals surface area contributed by atoms with Crippen LogP contribution in [0.15, 0.2) is 109 Å². The van der Waals surface area contributed by atoms with Gasteiger partial charge in [0.2, 0.25) is 41.4 Å². The van der Waals surface area contributed by atoms with Crippen LogP contribution in [0, 0.1) is 40.4 Å². The summed E-state index contributed by atoms with van der Waals surface area (Å²) in [6, 6.07) is 30.6. The lowest BCUT2D eigenvalue weighted by Gasteiger charge is -2.56. The number of phenols is 1. The minimum atomic E-state index is -1.08. The number of fused-ring (bicyclic) bond motifs is 8. The van der Waals surface area contributed by atoms with Gasteiger partial charge in [0.05, 0.1) is 75.9 Å². The second-order valence-corrected chi connectivity index (χ2v) is 30.2. The quantitative estimate of drug-likeness (QED) is 0.0107. The average molecular weight is 1470 g/mol. The molecule has 2 saturated carbocycles. The Morgan fingerprint density at radius 1 is 0.579 bits per heavy atom. The molecule has 1 heterocycles. The van der Waals surface area contributed by atoms with Crippen LogP contribution in [0.5, 0.6) is 5.75 Å². The molecule has 2 fully saturated rings. The first-order valence-corrected chi connectivity index (χ1v) is 37.7. The molecule has 10 amide bonds.